The Hall–Kier alpha value is -2.42. The van der Waals surface area contributed by atoms with Gasteiger partial charge in [-0.15, -0.1) is 0 Å². The molecule has 3 aromatic rings. The van der Waals surface area contributed by atoms with E-state index in [0.717, 1.165) is 33.2 Å². The zero-order chi connectivity index (χ0) is 19.7. The van der Waals surface area contributed by atoms with Crippen molar-refractivity contribution in [2.24, 2.45) is 5.16 Å². The fourth-order valence-corrected chi connectivity index (χ4v) is 4.26. The van der Waals surface area contributed by atoms with Gasteiger partial charge in [-0.25, -0.2) is 4.98 Å². The van der Waals surface area contributed by atoms with Gasteiger partial charge in [0.15, 0.2) is 11.0 Å². The third-order valence-corrected chi connectivity index (χ3v) is 5.61. The van der Waals surface area contributed by atoms with Crippen molar-refractivity contribution in [3.05, 3.63) is 40.4 Å². The highest BCUT2D eigenvalue weighted by Gasteiger charge is 2.21. The topological polar surface area (TPSA) is 95.5 Å². The molecule has 0 spiro atoms. The van der Waals surface area contributed by atoms with E-state index in [1.807, 2.05) is 25.1 Å². The zero-order valence-electron chi connectivity index (χ0n) is 15.4. The lowest BCUT2D eigenvalue weighted by molar-refractivity contribution is 0.103. The molecule has 4 rings (SSSR count). The van der Waals surface area contributed by atoms with Crippen molar-refractivity contribution < 1.29 is 9.57 Å². The quantitative estimate of drug-likeness (QED) is 0.381. The Morgan fingerprint density at radius 2 is 2.11 bits per heavy atom. The van der Waals surface area contributed by atoms with Crippen molar-refractivity contribution in [3.63, 3.8) is 0 Å². The van der Waals surface area contributed by atoms with E-state index in [2.05, 4.69) is 26.2 Å². The Labute approximate surface area is 171 Å². The second kappa shape index (κ2) is 7.90. The van der Waals surface area contributed by atoms with Gasteiger partial charge in [0.25, 0.3) is 0 Å². The third kappa shape index (κ3) is 3.63. The number of oxime groups is 1. The Bertz CT molecular complexity index is 1090. The van der Waals surface area contributed by atoms with E-state index in [9.17, 15) is 0 Å². The second-order valence-corrected chi connectivity index (χ2v) is 7.67. The van der Waals surface area contributed by atoms with Crippen molar-refractivity contribution in [1.29, 1.82) is 0 Å². The summed E-state index contributed by atoms with van der Waals surface area (Å²) in [6.07, 6.45) is 0. The molecule has 2 heterocycles. The highest BCUT2D eigenvalue weighted by atomic mass is 35.5. The number of nitrogens with zero attached hydrogens (tertiary/aromatic N) is 4. The van der Waals surface area contributed by atoms with Crippen LogP contribution in [0.25, 0.3) is 22.2 Å². The molecule has 0 fully saturated rings. The summed E-state index contributed by atoms with van der Waals surface area (Å²) in [4.78, 5) is 18.0. The smallest absolute Gasteiger partial charge is 0.224 e. The first-order chi connectivity index (χ1) is 13.6. The molecule has 1 aromatic heterocycles. The van der Waals surface area contributed by atoms with E-state index in [-0.39, 0.29) is 5.95 Å². The van der Waals surface area contributed by atoms with Gasteiger partial charge in [-0.1, -0.05) is 46.7 Å². The van der Waals surface area contributed by atoms with Crippen LogP contribution in [0.2, 0.25) is 5.02 Å². The number of halogens is 1. The molecule has 1 aliphatic heterocycles. The number of ether oxygens (including phenoxy) is 1. The lowest BCUT2D eigenvalue weighted by Gasteiger charge is -2.20. The van der Waals surface area contributed by atoms with Gasteiger partial charge in [-0.3, -0.25) is 0 Å². The minimum atomic E-state index is 0.147. The molecule has 7 nitrogen and oxygen atoms in total. The van der Waals surface area contributed by atoms with Gasteiger partial charge in [0.1, 0.15) is 7.11 Å². The number of benzene rings is 2. The standard InChI is InChI=1S/C19H18ClN5O2S/c1-10(25-26-2)9-28-19-23-17(22-18(21)24-19)16-13-5-3-4-11-7-27-8-12(15(11)13)6-14(16)20/h3-6H,7-9H2,1-2H3,(H2,21,22,23,24). The summed E-state index contributed by atoms with van der Waals surface area (Å²) in [5, 5.41) is 7.09. The van der Waals surface area contributed by atoms with Crippen molar-refractivity contribution in [1.82, 2.24) is 15.0 Å². The van der Waals surface area contributed by atoms with Gasteiger partial charge in [-0.2, -0.15) is 9.97 Å². The van der Waals surface area contributed by atoms with Crippen LogP contribution in [0.1, 0.15) is 18.1 Å². The first kappa shape index (κ1) is 18.9. The molecule has 28 heavy (non-hydrogen) atoms. The van der Waals surface area contributed by atoms with E-state index >= 15 is 0 Å². The maximum atomic E-state index is 6.63. The molecule has 0 amide bonds. The molecule has 0 atom stereocenters. The maximum Gasteiger partial charge on any atom is 0.224 e. The summed E-state index contributed by atoms with van der Waals surface area (Å²) >= 11 is 8.04. The maximum absolute atomic E-state index is 6.63. The third-order valence-electron chi connectivity index (χ3n) is 4.31. The summed E-state index contributed by atoms with van der Waals surface area (Å²) in [5.41, 5.74) is 9.71. The largest absolute Gasteiger partial charge is 0.399 e. The monoisotopic (exact) mass is 415 g/mol. The van der Waals surface area contributed by atoms with E-state index in [1.54, 1.807) is 0 Å². The van der Waals surface area contributed by atoms with Crippen molar-refractivity contribution >= 4 is 45.8 Å². The number of nitrogen functional groups attached to an aromatic ring is 1. The summed E-state index contributed by atoms with van der Waals surface area (Å²) in [6.45, 7) is 2.98. The summed E-state index contributed by atoms with van der Waals surface area (Å²) in [5.74, 6) is 1.18. The number of hydrogen-bond donors (Lipinski definition) is 1. The molecule has 2 aromatic carbocycles. The predicted molar refractivity (Wildman–Crippen MR) is 112 cm³/mol. The number of hydrogen-bond acceptors (Lipinski definition) is 8. The van der Waals surface area contributed by atoms with Gasteiger partial charge in [0, 0.05) is 11.3 Å². The predicted octanol–water partition coefficient (Wildman–Crippen LogP) is 4.07. The van der Waals surface area contributed by atoms with E-state index in [1.165, 1.54) is 18.9 Å². The molecule has 1 aliphatic rings. The van der Waals surface area contributed by atoms with Gasteiger partial charge in [0.05, 0.1) is 23.9 Å². The molecule has 0 saturated heterocycles. The van der Waals surface area contributed by atoms with Crippen LogP contribution in [0.15, 0.2) is 34.6 Å². The highest BCUT2D eigenvalue weighted by Crippen LogP contribution is 2.39. The number of thioether (sulfide) groups is 1. The number of aromatic nitrogens is 3. The summed E-state index contributed by atoms with van der Waals surface area (Å²) in [7, 11) is 1.51. The molecule has 0 radical (unpaired) electrons. The summed E-state index contributed by atoms with van der Waals surface area (Å²) < 4.78 is 5.65. The average Bonchev–Trinajstić information content (AvgIpc) is 2.66. The van der Waals surface area contributed by atoms with Crippen LogP contribution in [0.3, 0.4) is 0 Å². The Morgan fingerprint density at radius 1 is 1.29 bits per heavy atom. The van der Waals surface area contributed by atoms with Gasteiger partial charge in [-0.05, 0) is 34.9 Å². The zero-order valence-corrected chi connectivity index (χ0v) is 17.0. The molecule has 144 valence electrons. The highest BCUT2D eigenvalue weighted by molar-refractivity contribution is 7.99. The Morgan fingerprint density at radius 3 is 2.93 bits per heavy atom. The SMILES string of the molecule is CON=C(C)CSc1nc(N)nc(-c2c(Cl)cc3c4c(cccc24)COC3)n1. The van der Waals surface area contributed by atoms with Gasteiger partial charge < -0.3 is 15.3 Å². The van der Waals surface area contributed by atoms with Crippen molar-refractivity contribution in [3.8, 4) is 11.4 Å². The van der Waals surface area contributed by atoms with E-state index in [0.29, 0.717) is 35.0 Å². The Kier molecular flexibility index (Phi) is 5.34. The van der Waals surface area contributed by atoms with Crippen LogP contribution < -0.4 is 5.73 Å². The second-order valence-electron chi connectivity index (χ2n) is 6.32. The van der Waals surface area contributed by atoms with Gasteiger partial charge >= 0.3 is 0 Å². The minimum absolute atomic E-state index is 0.147. The average molecular weight is 416 g/mol. The van der Waals surface area contributed by atoms with Crippen LogP contribution >= 0.6 is 23.4 Å². The van der Waals surface area contributed by atoms with Crippen LogP contribution in [-0.2, 0) is 22.8 Å². The van der Waals surface area contributed by atoms with E-state index in [4.69, 9.17) is 26.9 Å². The normalized spacial score (nSPS) is 13.8. The molecule has 2 N–H and O–H groups in total. The first-order valence-electron chi connectivity index (χ1n) is 8.59. The molecule has 9 heteroatoms. The van der Waals surface area contributed by atoms with Gasteiger partial charge in [0.2, 0.25) is 5.95 Å². The van der Waals surface area contributed by atoms with Crippen LogP contribution in [-0.4, -0.2) is 33.5 Å². The van der Waals surface area contributed by atoms with Crippen LogP contribution in [0, 0.1) is 0 Å². The van der Waals surface area contributed by atoms with Crippen molar-refractivity contribution in [2.75, 3.05) is 18.6 Å². The van der Waals surface area contributed by atoms with Crippen LogP contribution in [0.5, 0.6) is 0 Å². The molecular weight excluding hydrogens is 398 g/mol. The molecule has 0 saturated carbocycles. The fraction of sp³-hybridized carbons (Fsp3) is 0.263. The summed E-state index contributed by atoms with van der Waals surface area (Å²) in [6, 6.07) is 7.99. The molecule has 0 unspecified atom stereocenters. The lowest BCUT2D eigenvalue weighted by Crippen LogP contribution is -2.07. The fourth-order valence-electron chi connectivity index (χ4n) is 3.25. The minimum Gasteiger partial charge on any atom is -0.399 e. The van der Waals surface area contributed by atoms with E-state index < -0.39 is 0 Å². The number of nitrogens with two attached hydrogens (primary N) is 1. The lowest BCUT2D eigenvalue weighted by atomic mass is 9.94. The number of rotatable bonds is 5. The Balaban J connectivity index is 1.82. The molecule has 0 aliphatic carbocycles. The van der Waals surface area contributed by atoms with Crippen molar-refractivity contribution in [2.45, 2.75) is 25.3 Å². The van der Waals surface area contributed by atoms with Crippen LogP contribution in [0.4, 0.5) is 5.95 Å². The first-order valence-corrected chi connectivity index (χ1v) is 9.95. The number of anilines is 1. The molecular formula is C19H18ClN5O2S. The molecule has 0 bridgehead atoms.